The molecule has 28 heavy (non-hydrogen) atoms. The Bertz CT molecular complexity index is 525. The van der Waals surface area contributed by atoms with Gasteiger partial charge in [0, 0.05) is 5.69 Å². The first kappa shape index (κ1) is 28.1. The highest BCUT2D eigenvalue weighted by Crippen LogP contribution is 2.18. The first-order chi connectivity index (χ1) is 13.1. The molecule has 7 nitrogen and oxygen atoms in total. The molecule has 7 heteroatoms. The lowest BCUT2D eigenvalue weighted by Crippen LogP contribution is -2.21. The van der Waals surface area contributed by atoms with Crippen LogP contribution in [0.25, 0.3) is 0 Å². The molecule has 0 unspecified atom stereocenters. The number of nitrogen functional groups attached to an aromatic ring is 1. The number of carboxylic acids is 2. The number of benzene rings is 1. The number of hydrogen-bond acceptors (Lipinski definition) is 5. The SMILES string of the molecule is CCN(CC)CC.CCN(CC)CC.Cc1c(C(=O)O)cc(N)cc1C(=O)O. The van der Waals surface area contributed by atoms with E-state index >= 15 is 0 Å². The normalized spacial score (nSPS) is 10.0. The van der Waals surface area contributed by atoms with Crippen molar-refractivity contribution in [3.05, 3.63) is 28.8 Å². The second-order valence-corrected chi connectivity index (χ2v) is 6.09. The van der Waals surface area contributed by atoms with Crippen LogP contribution in [0, 0.1) is 6.92 Å². The average Bonchev–Trinajstić information content (AvgIpc) is 2.67. The van der Waals surface area contributed by atoms with Crippen LogP contribution in [0.5, 0.6) is 0 Å². The van der Waals surface area contributed by atoms with Crippen molar-refractivity contribution in [2.24, 2.45) is 0 Å². The molecular weight excluding hydrogens is 358 g/mol. The van der Waals surface area contributed by atoms with Gasteiger partial charge in [-0.05, 0) is 63.9 Å². The van der Waals surface area contributed by atoms with Crippen molar-refractivity contribution in [2.75, 3.05) is 45.0 Å². The third kappa shape index (κ3) is 10.9. The van der Waals surface area contributed by atoms with Gasteiger partial charge in [-0.25, -0.2) is 9.59 Å². The number of hydrogen-bond donors (Lipinski definition) is 3. The van der Waals surface area contributed by atoms with Crippen molar-refractivity contribution in [1.82, 2.24) is 9.80 Å². The van der Waals surface area contributed by atoms with Crippen LogP contribution in [0.15, 0.2) is 12.1 Å². The van der Waals surface area contributed by atoms with Gasteiger partial charge in [0.15, 0.2) is 0 Å². The Kier molecular flexibility index (Phi) is 15.9. The first-order valence-electron chi connectivity index (χ1n) is 9.94. The van der Waals surface area contributed by atoms with Gasteiger partial charge in [-0.1, -0.05) is 41.5 Å². The van der Waals surface area contributed by atoms with E-state index in [1.165, 1.54) is 58.3 Å². The zero-order valence-electron chi connectivity index (χ0n) is 18.6. The third-order valence-electron chi connectivity index (χ3n) is 4.57. The summed E-state index contributed by atoms with van der Waals surface area (Å²) < 4.78 is 0. The number of nitrogens with zero attached hydrogens (tertiary/aromatic N) is 2. The highest BCUT2D eigenvalue weighted by atomic mass is 16.4. The predicted octanol–water partition coefficient (Wildman–Crippen LogP) is 3.67. The minimum atomic E-state index is -1.18. The van der Waals surface area contributed by atoms with E-state index in [9.17, 15) is 9.59 Å². The summed E-state index contributed by atoms with van der Waals surface area (Å²) in [5.74, 6) is -2.37. The topological polar surface area (TPSA) is 107 Å². The predicted molar refractivity (Wildman–Crippen MR) is 116 cm³/mol. The fourth-order valence-electron chi connectivity index (χ4n) is 2.52. The Morgan fingerprint density at radius 2 is 1.00 bits per heavy atom. The molecule has 0 bridgehead atoms. The van der Waals surface area contributed by atoms with Crippen molar-refractivity contribution >= 4 is 17.6 Å². The average molecular weight is 398 g/mol. The molecule has 0 saturated heterocycles. The maximum absolute atomic E-state index is 10.7. The lowest BCUT2D eigenvalue weighted by Gasteiger charge is -2.13. The molecule has 0 aliphatic carbocycles. The molecule has 0 amide bonds. The van der Waals surface area contributed by atoms with E-state index in [1.807, 2.05) is 0 Å². The van der Waals surface area contributed by atoms with Gasteiger partial charge < -0.3 is 25.7 Å². The summed E-state index contributed by atoms with van der Waals surface area (Å²) in [6.45, 7) is 21.7. The van der Waals surface area contributed by atoms with Gasteiger partial charge in [0.2, 0.25) is 0 Å². The monoisotopic (exact) mass is 397 g/mol. The summed E-state index contributed by atoms with van der Waals surface area (Å²) in [6.07, 6.45) is 0. The summed E-state index contributed by atoms with van der Waals surface area (Å²) in [5, 5.41) is 17.5. The minimum Gasteiger partial charge on any atom is -0.478 e. The molecule has 0 radical (unpaired) electrons. The van der Waals surface area contributed by atoms with Gasteiger partial charge in [-0.3, -0.25) is 0 Å². The molecule has 1 aromatic rings. The molecule has 1 rings (SSSR count). The number of anilines is 1. The summed E-state index contributed by atoms with van der Waals surface area (Å²) in [5.41, 5.74) is 5.55. The summed E-state index contributed by atoms with van der Waals surface area (Å²) in [7, 11) is 0. The van der Waals surface area contributed by atoms with E-state index in [2.05, 4.69) is 51.3 Å². The molecule has 0 aliphatic rings. The molecule has 4 N–H and O–H groups in total. The van der Waals surface area contributed by atoms with Gasteiger partial charge in [0.1, 0.15) is 0 Å². The first-order valence-corrected chi connectivity index (χ1v) is 9.94. The number of nitrogens with two attached hydrogens (primary N) is 1. The second kappa shape index (κ2) is 15.9. The fraction of sp³-hybridized carbons (Fsp3) is 0.619. The third-order valence-corrected chi connectivity index (χ3v) is 4.57. The van der Waals surface area contributed by atoms with Gasteiger partial charge in [-0.15, -0.1) is 0 Å². The molecule has 0 fully saturated rings. The quantitative estimate of drug-likeness (QED) is 0.574. The van der Waals surface area contributed by atoms with E-state index in [1.54, 1.807) is 0 Å². The number of carboxylic acid groups (broad SMARTS) is 2. The second-order valence-electron chi connectivity index (χ2n) is 6.09. The van der Waals surface area contributed by atoms with Crippen molar-refractivity contribution in [3.63, 3.8) is 0 Å². The summed E-state index contributed by atoms with van der Waals surface area (Å²) in [6, 6.07) is 2.48. The zero-order valence-corrected chi connectivity index (χ0v) is 18.6. The smallest absolute Gasteiger partial charge is 0.336 e. The number of rotatable bonds is 8. The minimum absolute atomic E-state index is 0.0811. The van der Waals surface area contributed by atoms with E-state index in [4.69, 9.17) is 15.9 Å². The molecule has 0 saturated carbocycles. The molecule has 0 heterocycles. The Morgan fingerprint density at radius 1 is 0.750 bits per heavy atom. The Morgan fingerprint density at radius 3 is 1.14 bits per heavy atom. The van der Waals surface area contributed by atoms with Gasteiger partial charge in [0.05, 0.1) is 11.1 Å². The molecule has 0 spiro atoms. The van der Waals surface area contributed by atoms with Crippen LogP contribution in [-0.4, -0.2) is 71.2 Å². The van der Waals surface area contributed by atoms with Gasteiger partial charge in [0.25, 0.3) is 0 Å². The number of carbonyl (C=O) groups is 2. The van der Waals surface area contributed by atoms with E-state index in [0.717, 1.165) is 0 Å². The Hall–Kier alpha value is -2.12. The van der Waals surface area contributed by atoms with Crippen molar-refractivity contribution in [2.45, 2.75) is 48.5 Å². The summed E-state index contributed by atoms with van der Waals surface area (Å²) in [4.78, 5) is 26.2. The van der Waals surface area contributed by atoms with Gasteiger partial charge >= 0.3 is 11.9 Å². The van der Waals surface area contributed by atoms with Crippen LogP contribution in [0.2, 0.25) is 0 Å². The van der Waals surface area contributed by atoms with Crippen LogP contribution >= 0.6 is 0 Å². The Balaban J connectivity index is 0. The lowest BCUT2D eigenvalue weighted by atomic mass is 10.0. The highest BCUT2D eigenvalue weighted by Gasteiger charge is 2.15. The molecule has 0 aliphatic heterocycles. The maximum atomic E-state index is 10.7. The van der Waals surface area contributed by atoms with E-state index in [-0.39, 0.29) is 22.4 Å². The molecule has 1 aromatic carbocycles. The highest BCUT2D eigenvalue weighted by molar-refractivity contribution is 5.97. The van der Waals surface area contributed by atoms with Gasteiger partial charge in [-0.2, -0.15) is 0 Å². The van der Waals surface area contributed by atoms with E-state index < -0.39 is 11.9 Å². The van der Waals surface area contributed by atoms with Crippen molar-refractivity contribution in [3.8, 4) is 0 Å². The molecular formula is C21H39N3O4. The van der Waals surface area contributed by atoms with Crippen molar-refractivity contribution < 1.29 is 19.8 Å². The fourth-order valence-corrected chi connectivity index (χ4v) is 2.52. The number of aromatic carboxylic acids is 2. The lowest BCUT2D eigenvalue weighted by molar-refractivity contribution is 0.0696. The molecule has 0 aromatic heterocycles. The van der Waals surface area contributed by atoms with Crippen LogP contribution < -0.4 is 5.73 Å². The largest absolute Gasteiger partial charge is 0.478 e. The van der Waals surface area contributed by atoms with Crippen LogP contribution in [0.1, 0.15) is 67.8 Å². The maximum Gasteiger partial charge on any atom is 0.336 e. The zero-order chi connectivity index (χ0) is 22.3. The molecule has 0 atom stereocenters. The van der Waals surface area contributed by atoms with E-state index in [0.29, 0.717) is 0 Å². The van der Waals surface area contributed by atoms with Crippen LogP contribution in [0.3, 0.4) is 0 Å². The summed E-state index contributed by atoms with van der Waals surface area (Å²) >= 11 is 0. The standard InChI is InChI=1S/C9H9NO4.2C6H15N/c1-4-6(8(11)12)2-5(10)3-7(4)9(13)14;2*1-4-7(5-2)6-3/h2-3H,10H2,1H3,(H,11,12)(H,13,14);2*4-6H2,1-3H3. The van der Waals surface area contributed by atoms with Crippen LogP contribution in [-0.2, 0) is 0 Å². The van der Waals surface area contributed by atoms with Crippen LogP contribution in [0.4, 0.5) is 5.69 Å². The van der Waals surface area contributed by atoms with Crippen molar-refractivity contribution in [1.29, 1.82) is 0 Å². The molecule has 162 valence electrons. The Labute approximate surface area is 170 Å².